The number of aryl methyl sites for hydroxylation is 1. The van der Waals surface area contributed by atoms with Crippen LogP contribution in [-0.2, 0) is 0 Å². The molecule has 0 bridgehead atoms. The molecular weight excluding hydrogens is 184 g/mol. The summed E-state index contributed by atoms with van der Waals surface area (Å²) >= 11 is 0. The van der Waals surface area contributed by atoms with Crippen LogP contribution in [0.5, 0.6) is 0 Å². The lowest BCUT2D eigenvalue weighted by molar-refractivity contribution is 0.350. The lowest BCUT2D eigenvalue weighted by Crippen LogP contribution is -1.83. The molecule has 0 aromatic heterocycles. The van der Waals surface area contributed by atoms with Crippen LogP contribution < -0.4 is 0 Å². The predicted octanol–water partition coefficient (Wildman–Crippen LogP) is 2.49. The molecule has 2 aromatic carbocycles. The van der Waals surface area contributed by atoms with E-state index >= 15 is 0 Å². The Bertz CT molecular complexity index is 544. The van der Waals surface area contributed by atoms with E-state index in [0.29, 0.717) is 0 Å². The normalized spacial score (nSPS) is 9.73. The van der Waals surface area contributed by atoms with E-state index in [0.717, 1.165) is 10.9 Å². The highest BCUT2D eigenvalue weighted by Gasteiger charge is 1.99. The summed E-state index contributed by atoms with van der Waals surface area (Å²) in [5, 5.41) is 11.1. The molecule has 0 aliphatic heterocycles. The van der Waals surface area contributed by atoms with Gasteiger partial charge in [0.2, 0.25) is 0 Å². The summed E-state index contributed by atoms with van der Waals surface area (Å²) in [4.78, 5) is 0. The van der Waals surface area contributed by atoms with E-state index in [9.17, 15) is 0 Å². The molecule has 1 heteroatoms. The van der Waals surface area contributed by atoms with Crippen molar-refractivity contribution in [2.45, 2.75) is 6.92 Å². The molecule has 0 aliphatic rings. The van der Waals surface area contributed by atoms with Gasteiger partial charge in [-0.2, -0.15) is 0 Å². The lowest BCUT2D eigenvalue weighted by atomic mass is 10.0. The molecule has 2 aromatic rings. The van der Waals surface area contributed by atoms with E-state index < -0.39 is 0 Å². The fourth-order valence-corrected chi connectivity index (χ4v) is 1.69. The van der Waals surface area contributed by atoms with Crippen molar-refractivity contribution in [3.8, 4) is 11.8 Å². The van der Waals surface area contributed by atoms with Crippen LogP contribution in [-0.4, -0.2) is 11.7 Å². The number of hydrogen-bond donors (Lipinski definition) is 1. The van der Waals surface area contributed by atoms with Crippen molar-refractivity contribution in [2.75, 3.05) is 6.61 Å². The van der Waals surface area contributed by atoms with E-state index in [1.54, 1.807) is 0 Å². The molecule has 1 N–H and O–H groups in total. The van der Waals surface area contributed by atoms with E-state index in [-0.39, 0.29) is 6.61 Å². The van der Waals surface area contributed by atoms with Gasteiger partial charge in [0.15, 0.2) is 0 Å². The second-order valence-electron chi connectivity index (χ2n) is 3.44. The SMILES string of the molecule is Cc1ccc(C#CCO)c2ccccc12. The Kier molecular flexibility index (Phi) is 2.71. The fraction of sp³-hybridized carbons (Fsp3) is 0.143. The maximum atomic E-state index is 8.68. The van der Waals surface area contributed by atoms with Crippen molar-refractivity contribution < 1.29 is 5.11 Å². The molecule has 74 valence electrons. The maximum Gasteiger partial charge on any atom is 0.104 e. The standard InChI is InChI=1S/C14H12O/c1-11-8-9-12(5-4-10-15)14-7-3-2-6-13(11)14/h2-3,6-9,15H,10H2,1H3. The summed E-state index contributed by atoms with van der Waals surface area (Å²) in [5.74, 6) is 5.65. The molecule has 0 fully saturated rings. The molecule has 0 aliphatic carbocycles. The van der Waals surface area contributed by atoms with Gasteiger partial charge >= 0.3 is 0 Å². The lowest BCUT2D eigenvalue weighted by Gasteiger charge is -2.03. The molecule has 0 saturated carbocycles. The van der Waals surface area contributed by atoms with Crippen molar-refractivity contribution in [1.82, 2.24) is 0 Å². The number of rotatable bonds is 0. The zero-order valence-corrected chi connectivity index (χ0v) is 8.62. The van der Waals surface area contributed by atoms with Crippen molar-refractivity contribution >= 4 is 10.8 Å². The van der Waals surface area contributed by atoms with Gasteiger partial charge < -0.3 is 5.11 Å². The van der Waals surface area contributed by atoms with Crippen LogP contribution in [0.25, 0.3) is 10.8 Å². The Morgan fingerprint density at radius 3 is 2.53 bits per heavy atom. The van der Waals surface area contributed by atoms with Gasteiger partial charge in [-0.05, 0) is 29.3 Å². The summed E-state index contributed by atoms with van der Waals surface area (Å²) in [5.41, 5.74) is 2.23. The first-order valence-electron chi connectivity index (χ1n) is 4.91. The topological polar surface area (TPSA) is 20.2 Å². The smallest absolute Gasteiger partial charge is 0.104 e. The van der Waals surface area contributed by atoms with Crippen LogP contribution in [0.3, 0.4) is 0 Å². The van der Waals surface area contributed by atoms with Gasteiger partial charge in [0.25, 0.3) is 0 Å². The van der Waals surface area contributed by atoms with Crippen molar-refractivity contribution in [3.63, 3.8) is 0 Å². The molecule has 0 heterocycles. The average molecular weight is 196 g/mol. The molecule has 1 nitrogen and oxygen atoms in total. The highest BCUT2D eigenvalue weighted by Crippen LogP contribution is 2.21. The maximum absolute atomic E-state index is 8.68. The summed E-state index contributed by atoms with van der Waals surface area (Å²) in [7, 11) is 0. The first kappa shape index (κ1) is 9.76. The van der Waals surface area contributed by atoms with Crippen molar-refractivity contribution in [2.24, 2.45) is 0 Å². The zero-order chi connectivity index (χ0) is 10.7. The summed E-state index contributed by atoms with van der Waals surface area (Å²) < 4.78 is 0. The van der Waals surface area contributed by atoms with Gasteiger partial charge in [0.05, 0.1) is 0 Å². The van der Waals surface area contributed by atoms with Crippen LogP contribution >= 0.6 is 0 Å². The molecule has 15 heavy (non-hydrogen) atoms. The van der Waals surface area contributed by atoms with Crippen LogP contribution in [0.15, 0.2) is 36.4 Å². The Hall–Kier alpha value is -1.78. The van der Waals surface area contributed by atoms with Gasteiger partial charge in [-0.3, -0.25) is 0 Å². The molecule has 0 saturated heterocycles. The number of benzene rings is 2. The summed E-state index contributed by atoms with van der Waals surface area (Å²) in [6, 6.07) is 12.2. The van der Waals surface area contributed by atoms with Crippen molar-refractivity contribution in [1.29, 1.82) is 0 Å². The molecule has 0 spiro atoms. The number of aliphatic hydroxyl groups is 1. The van der Waals surface area contributed by atoms with Gasteiger partial charge in [-0.1, -0.05) is 42.2 Å². The minimum absolute atomic E-state index is 0.0950. The van der Waals surface area contributed by atoms with Gasteiger partial charge in [-0.25, -0.2) is 0 Å². The molecule has 0 amide bonds. The highest BCUT2D eigenvalue weighted by molar-refractivity contribution is 5.90. The van der Waals surface area contributed by atoms with Crippen LogP contribution in [0.1, 0.15) is 11.1 Å². The number of hydrogen-bond acceptors (Lipinski definition) is 1. The van der Waals surface area contributed by atoms with Gasteiger partial charge in [0.1, 0.15) is 6.61 Å². The average Bonchev–Trinajstić information content (AvgIpc) is 2.29. The monoisotopic (exact) mass is 196 g/mol. The first-order valence-corrected chi connectivity index (χ1v) is 4.91. The largest absolute Gasteiger partial charge is 0.384 e. The fourth-order valence-electron chi connectivity index (χ4n) is 1.69. The second kappa shape index (κ2) is 4.16. The molecule has 0 radical (unpaired) electrons. The number of fused-ring (bicyclic) bond motifs is 1. The van der Waals surface area contributed by atoms with Gasteiger partial charge in [0, 0.05) is 5.56 Å². The van der Waals surface area contributed by atoms with Crippen molar-refractivity contribution in [3.05, 3.63) is 47.5 Å². The van der Waals surface area contributed by atoms with Crippen LogP contribution in [0, 0.1) is 18.8 Å². The Labute approximate surface area is 89.4 Å². The van der Waals surface area contributed by atoms with Crippen LogP contribution in [0.4, 0.5) is 0 Å². The molecule has 0 unspecified atom stereocenters. The third kappa shape index (κ3) is 1.86. The quantitative estimate of drug-likeness (QED) is 0.642. The third-order valence-electron chi connectivity index (χ3n) is 2.44. The Morgan fingerprint density at radius 1 is 1.07 bits per heavy atom. The van der Waals surface area contributed by atoms with E-state index in [2.05, 4.69) is 37.0 Å². The summed E-state index contributed by atoms with van der Waals surface area (Å²) in [6.45, 7) is 1.99. The Balaban J connectivity index is 2.72. The van der Waals surface area contributed by atoms with Crippen LogP contribution in [0.2, 0.25) is 0 Å². The predicted molar refractivity (Wildman–Crippen MR) is 62.6 cm³/mol. The minimum atomic E-state index is -0.0950. The summed E-state index contributed by atoms with van der Waals surface area (Å²) in [6.07, 6.45) is 0. The van der Waals surface area contributed by atoms with E-state index in [1.807, 2.05) is 18.2 Å². The highest BCUT2D eigenvalue weighted by atomic mass is 16.2. The molecule has 2 rings (SSSR count). The van der Waals surface area contributed by atoms with Gasteiger partial charge in [-0.15, -0.1) is 0 Å². The Morgan fingerprint density at radius 2 is 1.80 bits per heavy atom. The zero-order valence-electron chi connectivity index (χ0n) is 8.62. The van der Waals surface area contributed by atoms with E-state index in [4.69, 9.17) is 5.11 Å². The number of aliphatic hydroxyl groups excluding tert-OH is 1. The third-order valence-corrected chi connectivity index (χ3v) is 2.44. The van der Waals surface area contributed by atoms with E-state index in [1.165, 1.54) is 10.9 Å². The second-order valence-corrected chi connectivity index (χ2v) is 3.44. The minimum Gasteiger partial charge on any atom is -0.384 e. The first-order chi connectivity index (χ1) is 7.33. The molecule has 0 atom stereocenters. The molecular formula is C14H12O.